The van der Waals surface area contributed by atoms with Gasteiger partial charge in [0.2, 0.25) is 0 Å². The zero-order valence-electron chi connectivity index (χ0n) is 7.86. The van der Waals surface area contributed by atoms with Gasteiger partial charge in [-0.2, -0.15) is 0 Å². The summed E-state index contributed by atoms with van der Waals surface area (Å²) in [5, 5.41) is 8.63. The van der Waals surface area contributed by atoms with Crippen molar-refractivity contribution >= 4 is 5.97 Å². The smallest absolute Gasteiger partial charge is 0.305 e. The highest BCUT2D eigenvalue weighted by Gasteiger charge is 1.87. The van der Waals surface area contributed by atoms with Gasteiger partial charge in [0, 0.05) is 6.42 Å². The fourth-order valence-electron chi connectivity index (χ4n) is 0.572. The summed E-state index contributed by atoms with van der Waals surface area (Å²) in [5.74, 6) is 0.164. The van der Waals surface area contributed by atoms with E-state index >= 15 is 0 Å². The lowest BCUT2D eigenvalue weighted by Crippen LogP contribution is -1.94. The number of ether oxygens (including phenoxy) is 1. The number of para-hydroxylation sites is 1. The van der Waals surface area contributed by atoms with E-state index < -0.39 is 0 Å². The normalized spacial score (nSPS) is 8.15. The largest absolute Gasteiger partial charge is 0.508 e. The highest BCUT2D eigenvalue weighted by molar-refractivity contribution is 5.68. The molecule has 0 bridgehead atoms. The molecule has 72 valence electrons. The molecule has 0 heterocycles. The molecule has 0 spiro atoms. The lowest BCUT2D eigenvalue weighted by molar-refractivity contribution is -0.140. The molecule has 13 heavy (non-hydrogen) atoms. The minimum absolute atomic E-state index is 0.157. The van der Waals surface area contributed by atoms with Crippen LogP contribution >= 0.6 is 0 Å². The van der Waals surface area contributed by atoms with Gasteiger partial charge in [-0.3, -0.25) is 4.79 Å². The van der Waals surface area contributed by atoms with E-state index in [1.54, 1.807) is 31.2 Å². The maximum Gasteiger partial charge on any atom is 0.305 e. The molecule has 1 rings (SSSR count). The molecule has 0 atom stereocenters. The van der Waals surface area contributed by atoms with Crippen LogP contribution in [-0.4, -0.2) is 18.2 Å². The molecule has 1 N–H and O–H groups in total. The zero-order valence-corrected chi connectivity index (χ0v) is 7.86. The van der Waals surface area contributed by atoms with Crippen molar-refractivity contribution in [2.75, 3.05) is 7.11 Å². The highest BCUT2D eigenvalue weighted by atomic mass is 16.5. The molecule has 3 nitrogen and oxygen atoms in total. The first kappa shape index (κ1) is 11.5. The van der Waals surface area contributed by atoms with Gasteiger partial charge < -0.3 is 9.84 Å². The molecule has 0 saturated carbocycles. The van der Waals surface area contributed by atoms with E-state index in [2.05, 4.69) is 4.74 Å². The van der Waals surface area contributed by atoms with Crippen LogP contribution in [0.15, 0.2) is 30.3 Å². The second kappa shape index (κ2) is 7.16. The average molecular weight is 182 g/mol. The Labute approximate surface area is 78.0 Å². The van der Waals surface area contributed by atoms with E-state index in [1.807, 2.05) is 6.07 Å². The van der Waals surface area contributed by atoms with Crippen molar-refractivity contribution in [1.82, 2.24) is 0 Å². The van der Waals surface area contributed by atoms with Gasteiger partial charge in [0.15, 0.2) is 0 Å². The van der Waals surface area contributed by atoms with Gasteiger partial charge in [-0.15, -0.1) is 0 Å². The van der Waals surface area contributed by atoms with Gasteiger partial charge in [-0.25, -0.2) is 0 Å². The molecule has 0 aliphatic heterocycles. The minimum atomic E-state index is -0.157. The predicted molar refractivity (Wildman–Crippen MR) is 50.4 cm³/mol. The van der Waals surface area contributed by atoms with Crippen LogP contribution in [0.3, 0.4) is 0 Å². The van der Waals surface area contributed by atoms with Gasteiger partial charge in [-0.1, -0.05) is 25.1 Å². The molecule has 3 heteroatoms. The monoisotopic (exact) mass is 182 g/mol. The second-order valence-electron chi connectivity index (χ2n) is 2.27. The van der Waals surface area contributed by atoms with Crippen LogP contribution in [0.2, 0.25) is 0 Å². The number of hydrogen-bond donors (Lipinski definition) is 1. The van der Waals surface area contributed by atoms with Crippen LogP contribution in [0.5, 0.6) is 5.75 Å². The number of carbonyl (C=O) groups is 1. The molecule has 0 fully saturated rings. The van der Waals surface area contributed by atoms with Gasteiger partial charge in [0.25, 0.3) is 0 Å². The Balaban J connectivity index is 0.000000226. The van der Waals surface area contributed by atoms with Crippen LogP contribution in [0.4, 0.5) is 0 Å². The third-order valence-corrected chi connectivity index (χ3v) is 1.27. The Morgan fingerprint density at radius 3 is 2.08 bits per heavy atom. The zero-order chi connectivity index (χ0) is 10.1. The van der Waals surface area contributed by atoms with E-state index in [1.165, 1.54) is 7.11 Å². The van der Waals surface area contributed by atoms with E-state index in [0.29, 0.717) is 12.2 Å². The standard InChI is InChI=1S/C6H6O.C4H8O2/c7-6-4-2-1-3-5-6;1-3-4(5)6-2/h1-5,7H;3H2,1-2H3. The lowest BCUT2D eigenvalue weighted by atomic mass is 10.3. The number of rotatable bonds is 1. The van der Waals surface area contributed by atoms with Crippen LogP contribution in [0.25, 0.3) is 0 Å². The Kier molecular flexibility index (Phi) is 6.32. The Hall–Kier alpha value is -1.51. The van der Waals surface area contributed by atoms with E-state index in [9.17, 15) is 4.79 Å². The van der Waals surface area contributed by atoms with Gasteiger partial charge in [-0.05, 0) is 12.1 Å². The molecular weight excluding hydrogens is 168 g/mol. The Morgan fingerprint density at radius 2 is 1.92 bits per heavy atom. The molecule has 0 aromatic heterocycles. The lowest BCUT2D eigenvalue weighted by Gasteiger charge is -1.87. The van der Waals surface area contributed by atoms with Crippen molar-refractivity contribution in [2.24, 2.45) is 0 Å². The number of esters is 1. The van der Waals surface area contributed by atoms with Gasteiger partial charge in [0.05, 0.1) is 7.11 Å². The number of aromatic hydroxyl groups is 1. The van der Waals surface area contributed by atoms with Crippen molar-refractivity contribution in [3.63, 3.8) is 0 Å². The SMILES string of the molecule is CCC(=O)OC.Oc1ccccc1. The second-order valence-corrected chi connectivity index (χ2v) is 2.27. The summed E-state index contributed by atoms with van der Waals surface area (Å²) in [6.07, 6.45) is 0.469. The Bertz CT molecular complexity index is 225. The maximum atomic E-state index is 9.96. The fourth-order valence-corrected chi connectivity index (χ4v) is 0.572. The van der Waals surface area contributed by atoms with Crippen molar-refractivity contribution < 1.29 is 14.6 Å². The van der Waals surface area contributed by atoms with E-state index in [4.69, 9.17) is 5.11 Å². The maximum absolute atomic E-state index is 9.96. The summed E-state index contributed by atoms with van der Waals surface area (Å²) in [6, 6.07) is 8.71. The van der Waals surface area contributed by atoms with Crippen LogP contribution in [0, 0.1) is 0 Å². The summed E-state index contributed by atoms with van der Waals surface area (Å²) in [7, 11) is 1.38. The third-order valence-electron chi connectivity index (χ3n) is 1.27. The topological polar surface area (TPSA) is 46.5 Å². The summed E-state index contributed by atoms with van der Waals surface area (Å²) >= 11 is 0. The van der Waals surface area contributed by atoms with Crippen molar-refractivity contribution in [3.05, 3.63) is 30.3 Å². The molecule has 1 aromatic rings. The minimum Gasteiger partial charge on any atom is -0.508 e. The number of phenolic OH excluding ortho intramolecular Hbond substituents is 1. The van der Waals surface area contributed by atoms with Crippen LogP contribution in [-0.2, 0) is 9.53 Å². The molecule has 0 saturated heterocycles. The first-order valence-corrected chi connectivity index (χ1v) is 4.01. The average Bonchev–Trinajstić information content (AvgIpc) is 2.19. The summed E-state index contributed by atoms with van der Waals surface area (Å²) in [6.45, 7) is 1.76. The van der Waals surface area contributed by atoms with Gasteiger partial charge >= 0.3 is 5.97 Å². The summed E-state index contributed by atoms with van der Waals surface area (Å²) in [4.78, 5) is 9.96. The Morgan fingerprint density at radius 1 is 1.38 bits per heavy atom. The first-order valence-electron chi connectivity index (χ1n) is 4.01. The summed E-state index contributed by atoms with van der Waals surface area (Å²) < 4.78 is 4.26. The molecular formula is C10H14O3. The summed E-state index contributed by atoms with van der Waals surface area (Å²) in [5.41, 5.74) is 0. The van der Waals surface area contributed by atoms with Crippen LogP contribution < -0.4 is 0 Å². The third kappa shape index (κ3) is 6.87. The van der Waals surface area contributed by atoms with Crippen molar-refractivity contribution in [1.29, 1.82) is 0 Å². The van der Waals surface area contributed by atoms with Gasteiger partial charge in [0.1, 0.15) is 5.75 Å². The van der Waals surface area contributed by atoms with Crippen LogP contribution in [0.1, 0.15) is 13.3 Å². The van der Waals surface area contributed by atoms with Crippen molar-refractivity contribution in [3.8, 4) is 5.75 Å². The predicted octanol–water partition coefficient (Wildman–Crippen LogP) is 1.96. The van der Waals surface area contributed by atoms with E-state index in [0.717, 1.165) is 0 Å². The molecule has 0 amide bonds. The highest BCUT2D eigenvalue weighted by Crippen LogP contribution is 2.02. The number of carbonyl (C=O) groups excluding carboxylic acids is 1. The number of benzene rings is 1. The fraction of sp³-hybridized carbons (Fsp3) is 0.300. The molecule has 0 aliphatic carbocycles. The van der Waals surface area contributed by atoms with Crippen molar-refractivity contribution in [2.45, 2.75) is 13.3 Å². The number of methoxy groups -OCH3 is 1. The molecule has 0 aliphatic rings. The number of hydrogen-bond acceptors (Lipinski definition) is 3. The van der Waals surface area contributed by atoms with E-state index in [-0.39, 0.29) is 5.97 Å². The quantitative estimate of drug-likeness (QED) is 0.675. The number of phenols is 1. The molecule has 1 aromatic carbocycles. The molecule has 0 unspecified atom stereocenters. The first-order chi connectivity index (χ1) is 6.20. The molecule has 0 radical (unpaired) electrons.